The van der Waals surface area contributed by atoms with Gasteiger partial charge in [-0.2, -0.15) is 4.98 Å². The van der Waals surface area contributed by atoms with E-state index < -0.39 is 0 Å². The van der Waals surface area contributed by atoms with Crippen molar-refractivity contribution in [2.24, 2.45) is 0 Å². The summed E-state index contributed by atoms with van der Waals surface area (Å²) >= 11 is 0. The van der Waals surface area contributed by atoms with Crippen molar-refractivity contribution in [3.05, 3.63) is 42.4 Å². The summed E-state index contributed by atoms with van der Waals surface area (Å²) in [6, 6.07) is 10.3. The van der Waals surface area contributed by atoms with Crippen LogP contribution in [0.25, 0.3) is 22.3 Å². The SMILES string of the molecule is c1ccc2c(-c3noc([C@H]4CCCN4)n3)nccc2c1. The Kier molecular flexibility index (Phi) is 2.70. The Morgan fingerprint density at radius 3 is 3.05 bits per heavy atom. The minimum Gasteiger partial charge on any atom is -0.337 e. The van der Waals surface area contributed by atoms with Crippen molar-refractivity contribution in [1.82, 2.24) is 20.4 Å². The van der Waals surface area contributed by atoms with Gasteiger partial charge < -0.3 is 9.84 Å². The lowest BCUT2D eigenvalue weighted by molar-refractivity contribution is 0.345. The first-order valence-corrected chi connectivity index (χ1v) is 6.83. The molecule has 3 aromatic rings. The largest absolute Gasteiger partial charge is 0.337 e. The third-order valence-electron chi connectivity index (χ3n) is 3.69. The minimum absolute atomic E-state index is 0.186. The van der Waals surface area contributed by atoms with Crippen LogP contribution in [-0.2, 0) is 0 Å². The molecule has 1 saturated heterocycles. The number of nitrogens with zero attached hydrogens (tertiary/aromatic N) is 3. The van der Waals surface area contributed by atoms with Crippen LogP contribution in [0.15, 0.2) is 41.1 Å². The molecule has 0 spiro atoms. The summed E-state index contributed by atoms with van der Waals surface area (Å²) in [5, 5.41) is 9.62. The van der Waals surface area contributed by atoms with E-state index in [-0.39, 0.29) is 6.04 Å². The summed E-state index contributed by atoms with van der Waals surface area (Å²) in [6.45, 7) is 1.01. The number of benzene rings is 1. The number of hydrogen-bond donors (Lipinski definition) is 1. The van der Waals surface area contributed by atoms with Gasteiger partial charge in [-0.25, -0.2) is 0 Å². The summed E-state index contributed by atoms with van der Waals surface area (Å²) in [4.78, 5) is 8.92. The van der Waals surface area contributed by atoms with Crippen LogP contribution in [0.4, 0.5) is 0 Å². The van der Waals surface area contributed by atoms with E-state index in [1.807, 2.05) is 24.3 Å². The molecule has 1 aliphatic heterocycles. The molecule has 0 radical (unpaired) electrons. The molecule has 5 heteroatoms. The fraction of sp³-hybridized carbons (Fsp3) is 0.267. The number of pyridine rings is 1. The van der Waals surface area contributed by atoms with Crippen molar-refractivity contribution in [3.8, 4) is 11.5 Å². The molecule has 4 rings (SSSR count). The standard InChI is InChI=1S/C15H14N4O/c1-2-5-11-10(4-1)7-9-17-13(11)14-18-15(20-19-14)12-6-3-8-16-12/h1-2,4-5,7,9,12,16H,3,6,8H2/t12-/m1/s1. The van der Waals surface area contributed by atoms with E-state index in [1.165, 1.54) is 0 Å². The molecule has 1 aromatic carbocycles. The second-order valence-electron chi connectivity index (χ2n) is 4.99. The molecule has 1 atom stereocenters. The highest BCUT2D eigenvalue weighted by molar-refractivity contribution is 5.92. The Morgan fingerprint density at radius 1 is 1.20 bits per heavy atom. The zero-order chi connectivity index (χ0) is 13.4. The van der Waals surface area contributed by atoms with Gasteiger partial charge in [-0.15, -0.1) is 0 Å². The lowest BCUT2D eigenvalue weighted by atomic mass is 10.1. The van der Waals surface area contributed by atoms with Crippen LogP contribution in [0.2, 0.25) is 0 Å². The number of fused-ring (bicyclic) bond motifs is 1. The summed E-state index contributed by atoms with van der Waals surface area (Å²) in [5.74, 6) is 1.22. The maximum absolute atomic E-state index is 5.39. The zero-order valence-corrected chi connectivity index (χ0v) is 10.9. The van der Waals surface area contributed by atoms with Crippen LogP contribution in [0.5, 0.6) is 0 Å². The maximum atomic E-state index is 5.39. The van der Waals surface area contributed by atoms with Gasteiger partial charge in [0.05, 0.1) is 6.04 Å². The first kappa shape index (κ1) is 11.5. The summed E-state index contributed by atoms with van der Waals surface area (Å²) in [7, 11) is 0. The van der Waals surface area contributed by atoms with Gasteiger partial charge in [-0.1, -0.05) is 29.4 Å². The molecule has 3 heterocycles. The van der Waals surface area contributed by atoms with Crippen LogP contribution in [0.3, 0.4) is 0 Å². The predicted molar refractivity (Wildman–Crippen MR) is 75.0 cm³/mol. The Labute approximate surface area is 116 Å². The van der Waals surface area contributed by atoms with E-state index in [0.717, 1.165) is 35.9 Å². The lowest BCUT2D eigenvalue weighted by Gasteiger charge is -2.02. The lowest BCUT2D eigenvalue weighted by Crippen LogP contribution is -2.12. The molecule has 5 nitrogen and oxygen atoms in total. The zero-order valence-electron chi connectivity index (χ0n) is 10.9. The monoisotopic (exact) mass is 266 g/mol. The van der Waals surface area contributed by atoms with E-state index >= 15 is 0 Å². The molecule has 20 heavy (non-hydrogen) atoms. The third kappa shape index (κ3) is 1.87. The predicted octanol–water partition coefficient (Wildman–Crippen LogP) is 2.71. The first-order valence-electron chi connectivity index (χ1n) is 6.83. The average Bonchev–Trinajstić information content (AvgIpc) is 3.17. The average molecular weight is 266 g/mol. The summed E-state index contributed by atoms with van der Waals surface area (Å²) in [5.41, 5.74) is 0.774. The van der Waals surface area contributed by atoms with Gasteiger partial charge in [-0.05, 0) is 30.8 Å². The summed E-state index contributed by atoms with van der Waals surface area (Å²) in [6.07, 6.45) is 3.97. The Balaban J connectivity index is 1.79. The molecule has 0 amide bonds. The Hall–Kier alpha value is -2.27. The van der Waals surface area contributed by atoms with Crippen LogP contribution in [0, 0.1) is 0 Å². The molecule has 1 aliphatic rings. The van der Waals surface area contributed by atoms with Gasteiger partial charge in [0.15, 0.2) is 0 Å². The van der Waals surface area contributed by atoms with E-state index in [4.69, 9.17) is 4.52 Å². The molecule has 2 aromatic heterocycles. The normalized spacial score (nSPS) is 18.7. The van der Waals surface area contributed by atoms with Gasteiger partial charge in [0.1, 0.15) is 5.69 Å². The van der Waals surface area contributed by atoms with Crippen molar-refractivity contribution < 1.29 is 4.52 Å². The van der Waals surface area contributed by atoms with Gasteiger partial charge >= 0.3 is 0 Å². The Morgan fingerprint density at radius 2 is 2.15 bits per heavy atom. The second-order valence-corrected chi connectivity index (χ2v) is 4.99. The number of nitrogens with one attached hydrogen (secondary N) is 1. The Bertz CT molecular complexity index is 741. The fourth-order valence-electron chi connectivity index (χ4n) is 2.67. The van der Waals surface area contributed by atoms with Crippen molar-refractivity contribution in [3.63, 3.8) is 0 Å². The van der Waals surface area contributed by atoms with Crippen molar-refractivity contribution in [2.45, 2.75) is 18.9 Å². The second kappa shape index (κ2) is 4.68. The molecule has 0 unspecified atom stereocenters. The van der Waals surface area contributed by atoms with Gasteiger partial charge in [0.2, 0.25) is 11.7 Å². The molecule has 1 N–H and O–H groups in total. The molecule has 1 fully saturated rings. The highest BCUT2D eigenvalue weighted by Crippen LogP contribution is 2.27. The van der Waals surface area contributed by atoms with E-state index in [0.29, 0.717) is 11.7 Å². The fourth-order valence-corrected chi connectivity index (χ4v) is 2.67. The van der Waals surface area contributed by atoms with Gasteiger partial charge in [0.25, 0.3) is 0 Å². The van der Waals surface area contributed by atoms with Crippen LogP contribution < -0.4 is 5.32 Å². The number of aromatic nitrogens is 3. The van der Waals surface area contributed by atoms with Crippen molar-refractivity contribution >= 4 is 10.8 Å². The smallest absolute Gasteiger partial charge is 0.244 e. The third-order valence-corrected chi connectivity index (χ3v) is 3.69. The molecule has 100 valence electrons. The first-order chi connectivity index (χ1) is 9.92. The van der Waals surface area contributed by atoms with Crippen LogP contribution >= 0.6 is 0 Å². The summed E-state index contributed by atoms with van der Waals surface area (Å²) < 4.78 is 5.39. The minimum atomic E-state index is 0.186. The molecule has 0 aliphatic carbocycles. The maximum Gasteiger partial charge on any atom is 0.244 e. The van der Waals surface area contributed by atoms with Gasteiger partial charge in [-0.3, -0.25) is 4.98 Å². The molecule has 0 bridgehead atoms. The molecule has 0 saturated carbocycles. The quantitative estimate of drug-likeness (QED) is 0.772. The number of rotatable bonds is 2. The van der Waals surface area contributed by atoms with E-state index in [2.05, 4.69) is 26.5 Å². The van der Waals surface area contributed by atoms with Crippen molar-refractivity contribution in [2.75, 3.05) is 6.54 Å². The van der Waals surface area contributed by atoms with Gasteiger partial charge in [0, 0.05) is 11.6 Å². The van der Waals surface area contributed by atoms with Crippen LogP contribution in [0.1, 0.15) is 24.8 Å². The van der Waals surface area contributed by atoms with E-state index in [1.54, 1.807) is 6.20 Å². The molecular weight excluding hydrogens is 252 g/mol. The topological polar surface area (TPSA) is 63.8 Å². The van der Waals surface area contributed by atoms with Crippen molar-refractivity contribution in [1.29, 1.82) is 0 Å². The molecular formula is C15H14N4O. The highest BCUT2D eigenvalue weighted by Gasteiger charge is 2.23. The number of hydrogen-bond acceptors (Lipinski definition) is 5. The van der Waals surface area contributed by atoms with Crippen LogP contribution in [-0.4, -0.2) is 21.7 Å². The van der Waals surface area contributed by atoms with E-state index in [9.17, 15) is 0 Å². The highest BCUT2D eigenvalue weighted by atomic mass is 16.5.